The fourth-order valence-electron chi connectivity index (χ4n) is 1.41. The van der Waals surface area contributed by atoms with E-state index in [9.17, 15) is 24.9 Å². The number of aldehydes is 1. The molecule has 0 aromatic rings. The van der Waals surface area contributed by atoms with Crippen LogP contribution in [0.4, 0.5) is 0 Å². The number of hydrogen-bond donors (Lipinski definition) is 4. The van der Waals surface area contributed by atoms with E-state index in [4.69, 9.17) is 4.74 Å². The van der Waals surface area contributed by atoms with Crippen LogP contribution in [-0.4, -0.2) is 58.2 Å². The summed E-state index contributed by atoms with van der Waals surface area (Å²) in [5, 5.41) is 30.4. The predicted octanol–water partition coefficient (Wildman–Crippen LogP) is -2.87. The molecule has 1 fully saturated rings. The summed E-state index contributed by atoms with van der Waals surface area (Å²) < 4.78 is 4.69. The Balaban J connectivity index is 2.74. The summed E-state index contributed by atoms with van der Waals surface area (Å²) in [4.78, 5) is 21.1. The van der Waals surface area contributed by atoms with E-state index < -0.39 is 36.6 Å². The van der Waals surface area contributed by atoms with E-state index in [0.717, 1.165) is 0 Å². The lowest BCUT2D eigenvalue weighted by atomic mass is 9.97. The van der Waals surface area contributed by atoms with Crippen LogP contribution in [0.25, 0.3) is 0 Å². The summed E-state index contributed by atoms with van der Waals surface area (Å²) in [5.41, 5.74) is 0. The second-order valence-electron chi connectivity index (χ2n) is 3.33. The van der Waals surface area contributed by atoms with Crippen LogP contribution >= 0.6 is 0 Å². The summed E-state index contributed by atoms with van der Waals surface area (Å²) in [5.74, 6) is -0.488. The van der Waals surface area contributed by atoms with Gasteiger partial charge in [-0.15, -0.1) is 0 Å². The van der Waals surface area contributed by atoms with Gasteiger partial charge in [0.2, 0.25) is 5.91 Å². The van der Waals surface area contributed by atoms with Crippen LogP contribution in [0.5, 0.6) is 0 Å². The van der Waals surface area contributed by atoms with E-state index in [1.165, 1.54) is 6.92 Å². The molecule has 5 atom stereocenters. The zero-order valence-corrected chi connectivity index (χ0v) is 8.03. The molecule has 1 saturated heterocycles. The summed E-state index contributed by atoms with van der Waals surface area (Å²) in [7, 11) is 0. The van der Waals surface area contributed by atoms with Gasteiger partial charge in [0.25, 0.3) is 0 Å². The van der Waals surface area contributed by atoms with Crippen molar-refractivity contribution in [3.63, 3.8) is 0 Å². The normalized spacial score (nSPS) is 40.9. The Morgan fingerprint density at radius 3 is 2.40 bits per heavy atom. The average Bonchev–Trinajstić information content (AvgIpc) is 2.18. The molecule has 1 heterocycles. The minimum Gasteiger partial charge on any atom is -0.388 e. The van der Waals surface area contributed by atoms with Gasteiger partial charge in [0, 0.05) is 6.92 Å². The molecule has 1 amide bonds. The molecule has 4 N–H and O–H groups in total. The third kappa shape index (κ3) is 2.51. The number of nitrogens with one attached hydrogen (secondary N) is 1. The van der Waals surface area contributed by atoms with Crippen LogP contribution in [0.15, 0.2) is 0 Å². The van der Waals surface area contributed by atoms with Gasteiger partial charge in [-0.05, 0) is 0 Å². The molecular formula is C8H13NO6. The summed E-state index contributed by atoms with van der Waals surface area (Å²) in [6.45, 7) is 1.19. The number of carbonyl (C=O) groups is 2. The molecule has 0 bridgehead atoms. The van der Waals surface area contributed by atoms with Gasteiger partial charge < -0.3 is 30.2 Å². The van der Waals surface area contributed by atoms with Gasteiger partial charge >= 0.3 is 0 Å². The highest BCUT2D eigenvalue weighted by atomic mass is 16.6. The molecule has 0 spiro atoms. The lowest BCUT2D eigenvalue weighted by Gasteiger charge is -2.38. The highest BCUT2D eigenvalue weighted by Gasteiger charge is 2.44. The Morgan fingerprint density at radius 2 is 1.93 bits per heavy atom. The molecule has 0 unspecified atom stereocenters. The van der Waals surface area contributed by atoms with E-state index in [-0.39, 0.29) is 6.29 Å². The van der Waals surface area contributed by atoms with Gasteiger partial charge in [-0.2, -0.15) is 0 Å². The first kappa shape index (κ1) is 12.1. The van der Waals surface area contributed by atoms with Crippen molar-refractivity contribution in [1.82, 2.24) is 5.32 Å². The average molecular weight is 219 g/mol. The first-order valence-corrected chi connectivity index (χ1v) is 4.39. The van der Waals surface area contributed by atoms with E-state index in [1.807, 2.05) is 0 Å². The number of amides is 1. The molecule has 15 heavy (non-hydrogen) atoms. The molecule has 1 rings (SSSR count). The maximum atomic E-state index is 10.7. The van der Waals surface area contributed by atoms with E-state index in [1.54, 1.807) is 0 Å². The first-order chi connectivity index (χ1) is 6.97. The molecule has 0 radical (unpaired) electrons. The van der Waals surface area contributed by atoms with Gasteiger partial charge in [0.05, 0.1) is 0 Å². The van der Waals surface area contributed by atoms with Crippen molar-refractivity contribution in [2.75, 3.05) is 0 Å². The number of aliphatic hydroxyl groups is 3. The maximum Gasteiger partial charge on any atom is 0.217 e. The van der Waals surface area contributed by atoms with E-state index in [2.05, 4.69) is 5.32 Å². The Hall–Kier alpha value is -1.02. The molecule has 7 heteroatoms. The second kappa shape index (κ2) is 4.67. The van der Waals surface area contributed by atoms with Crippen molar-refractivity contribution in [1.29, 1.82) is 0 Å². The highest BCUT2D eigenvalue weighted by molar-refractivity contribution is 5.73. The first-order valence-electron chi connectivity index (χ1n) is 4.39. The van der Waals surface area contributed by atoms with Crippen molar-refractivity contribution in [2.45, 2.75) is 37.6 Å². The molecule has 0 aromatic carbocycles. The Morgan fingerprint density at radius 1 is 1.33 bits per heavy atom. The molecule has 0 aromatic heterocycles. The van der Waals surface area contributed by atoms with Crippen LogP contribution in [0, 0.1) is 0 Å². The van der Waals surface area contributed by atoms with E-state index >= 15 is 0 Å². The van der Waals surface area contributed by atoms with E-state index in [0.29, 0.717) is 0 Å². The summed E-state index contributed by atoms with van der Waals surface area (Å²) in [6.07, 6.45) is -5.46. The number of aliphatic hydroxyl groups excluding tert-OH is 3. The summed E-state index contributed by atoms with van der Waals surface area (Å²) >= 11 is 0. The topological polar surface area (TPSA) is 116 Å². The zero-order chi connectivity index (χ0) is 11.6. The SMILES string of the molecule is CC(=O)N[C@@H]1[C@@H](O)[C@H](O)[C@@H](C=O)O[C@@H]1O. The van der Waals surface area contributed by atoms with Gasteiger partial charge in [0.15, 0.2) is 12.6 Å². The molecule has 1 aliphatic heterocycles. The molecule has 86 valence electrons. The van der Waals surface area contributed by atoms with Gasteiger partial charge in [-0.25, -0.2) is 0 Å². The number of rotatable bonds is 2. The minimum atomic E-state index is -1.53. The van der Waals surface area contributed by atoms with Crippen molar-refractivity contribution >= 4 is 12.2 Å². The van der Waals surface area contributed by atoms with Gasteiger partial charge in [0.1, 0.15) is 24.4 Å². The maximum absolute atomic E-state index is 10.7. The Bertz CT molecular complexity index is 258. The standard InChI is InChI=1S/C8H13NO6/c1-3(11)9-5-7(13)6(12)4(2-10)15-8(5)14/h2,4-8,12-14H,1H3,(H,9,11)/t4-,5-,6-,7-,8+/m1/s1. The largest absolute Gasteiger partial charge is 0.388 e. The summed E-state index contributed by atoms with van der Waals surface area (Å²) in [6, 6.07) is -1.14. The predicted molar refractivity (Wildman–Crippen MR) is 46.6 cm³/mol. The Labute approximate surface area is 85.7 Å². The fourth-order valence-corrected chi connectivity index (χ4v) is 1.41. The van der Waals surface area contributed by atoms with Crippen molar-refractivity contribution in [2.24, 2.45) is 0 Å². The smallest absolute Gasteiger partial charge is 0.217 e. The van der Waals surface area contributed by atoms with Crippen LogP contribution < -0.4 is 5.32 Å². The van der Waals surface area contributed by atoms with Crippen LogP contribution in [0.1, 0.15) is 6.92 Å². The van der Waals surface area contributed by atoms with Crippen molar-refractivity contribution in [3.05, 3.63) is 0 Å². The number of carbonyl (C=O) groups excluding carboxylic acids is 2. The molecule has 1 aliphatic rings. The Kier molecular flexibility index (Phi) is 3.75. The van der Waals surface area contributed by atoms with Crippen molar-refractivity contribution in [3.8, 4) is 0 Å². The number of hydrogen-bond acceptors (Lipinski definition) is 6. The third-order valence-corrected chi connectivity index (χ3v) is 2.16. The monoisotopic (exact) mass is 219 g/mol. The fraction of sp³-hybridized carbons (Fsp3) is 0.750. The molecular weight excluding hydrogens is 206 g/mol. The second-order valence-corrected chi connectivity index (χ2v) is 3.33. The number of ether oxygens (including phenoxy) is 1. The zero-order valence-electron chi connectivity index (χ0n) is 8.03. The minimum absolute atomic E-state index is 0.279. The molecule has 7 nitrogen and oxygen atoms in total. The van der Waals surface area contributed by atoms with Crippen LogP contribution in [0.3, 0.4) is 0 Å². The quantitative estimate of drug-likeness (QED) is 0.371. The van der Waals surface area contributed by atoms with Crippen LogP contribution in [0.2, 0.25) is 0 Å². The lowest BCUT2D eigenvalue weighted by Crippen LogP contribution is -2.63. The van der Waals surface area contributed by atoms with Crippen LogP contribution in [-0.2, 0) is 14.3 Å². The highest BCUT2D eigenvalue weighted by Crippen LogP contribution is 2.18. The van der Waals surface area contributed by atoms with Gasteiger partial charge in [-0.1, -0.05) is 0 Å². The molecule has 0 aliphatic carbocycles. The third-order valence-electron chi connectivity index (χ3n) is 2.16. The van der Waals surface area contributed by atoms with Gasteiger partial charge in [-0.3, -0.25) is 4.79 Å². The van der Waals surface area contributed by atoms with Crippen molar-refractivity contribution < 1.29 is 29.6 Å². The lowest BCUT2D eigenvalue weighted by molar-refractivity contribution is -0.238. The molecule has 0 saturated carbocycles.